The molecule has 1 heterocycles. The Kier molecular flexibility index (Phi) is 4.46. The molecule has 23 heavy (non-hydrogen) atoms. The number of hydrogen-bond acceptors (Lipinski definition) is 1. The summed E-state index contributed by atoms with van der Waals surface area (Å²) in [7, 11) is 0. The lowest BCUT2D eigenvalue weighted by Gasteiger charge is -2.06. The molecule has 0 bridgehead atoms. The molecule has 118 valence electrons. The van der Waals surface area contributed by atoms with Crippen LogP contribution in [0.2, 0.25) is 0 Å². The van der Waals surface area contributed by atoms with Crippen LogP contribution in [-0.2, 0) is 6.18 Å². The van der Waals surface area contributed by atoms with E-state index in [1.807, 2.05) is 24.3 Å². The van der Waals surface area contributed by atoms with Crippen LogP contribution in [0.5, 0.6) is 0 Å². The summed E-state index contributed by atoms with van der Waals surface area (Å²) >= 11 is 2.72. The van der Waals surface area contributed by atoms with Gasteiger partial charge in [0.1, 0.15) is 10.7 Å². The maximum absolute atomic E-state index is 14.3. The molecule has 0 aliphatic rings. The quantitative estimate of drug-likeness (QED) is 0.297. The van der Waals surface area contributed by atoms with Gasteiger partial charge in [-0.05, 0) is 70.1 Å². The van der Waals surface area contributed by atoms with Crippen molar-refractivity contribution < 1.29 is 17.6 Å². The smallest absolute Gasteiger partial charge is 0.206 e. The van der Waals surface area contributed by atoms with E-state index in [2.05, 4.69) is 22.6 Å². The Hall–Kier alpha value is -1.41. The maximum atomic E-state index is 14.3. The van der Waals surface area contributed by atoms with Gasteiger partial charge in [0.2, 0.25) is 0 Å². The van der Waals surface area contributed by atoms with Gasteiger partial charge in [-0.1, -0.05) is 18.2 Å². The summed E-state index contributed by atoms with van der Waals surface area (Å²) in [6.07, 6.45) is -4.40. The molecule has 0 saturated heterocycles. The fourth-order valence-electron chi connectivity index (χ4n) is 2.17. The van der Waals surface area contributed by atoms with Gasteiger partial charge in [0, 0.05) is 14.0 Å². The lowest BCUT2D eigenvalue weighted by Crippen LogP contribution is -2.00. The Labute approximate surface area is 147 Å². The lowest BCUT2D eigenvalue weighted by atomic mass is 10.0. The summed E-state index contributed by atoms with van der Waals surface area (Å²) in [5.41, 5.74) is 1.73. The summed E-state index contributed by atoms with van der Waals surface area (Å²) in [5, 5.41) is 0. The fraction of sp³-hybridized carbons (Fsp3) is 0.0588. The highest BCUT2D eigenvalue weighted by Gasteiger charge is 2.32. The molecule has 0 radical (unpaired) electrons. The van der Waals surface area contributed by atoms with Crippen molar-refractivity contribution in [3.63, 3.8) is 0 Å². The molecule has 0 unspecified atom stereocenters. The Morgan fingerprint density at radius 3 is 2.04 bits per heavy atom. The molecule has 0 N–H and O–H groups in total. The van der Waals surface area contributed by atoms with E-state index in [1.165, 1.54) is 18.2 Å². The second-order valence-electron chi connectivity index (χ2n) is 4.86. The zero-order chi connectivity index (χ0) is 16.6. The molecule has 0 atom stereocenters. The first kappa shape index (κ1) is 16.4. The number of hydrogen-bond donors (Lipinski definition) is 0. The van der Waals surface area contributed by atoms with Crippen LogP contribution in [-0.4, -0.2) is 0 Å². The van der Waals surface area contributed by atoms with Gasteiger partial charge < -0.3 is 0 Å². The topological polar surface area (TPSA) is 0 Å². The third kappa shape index (κ3) is 3.58. The van der Waals surface area contributed by atoms with Crippen LogP contribution in [0.25, 0.3) is 21.6 Å². The first-order valence-corrected chi connectivity index (χ1v) is 8.47. The molecule has 3 rings (SSSR count). The Bertz CT molecular complexity index is 835. The highest BCUT2D eigenvalue weighted by molar-refractivity contribution is 14.1. The standard InChI is InChI=1S/C17H9F4IS/c18-14-9-11(10-1-4-12(22)5-2-10)3-6-13(14)15-7-8-16(23-15)17(19,20)21/h1-9H. The van der Waals surface area contributed by atoms with Crippen LogP contribution in [0.3, 0.4) is 0 Å². The van der Waals surface area contributed by atoms with E-state index in [0.29, 0.717) is 16.9 Å². The number of halogens is 5. The van der Waals surface area contributed by atoms with Crippen molar-refractivity contribution in [3.05, 3.63) is 68.9 Å². The molecular formula is C17H9F4IS. The normalized spacial score (nSPS) is 11.7. The maximum Gasteiger partial charge on any atom is 0.425 e. The first-order chi connectivity index (χ1) is 10.8. The van der Waals surface area contributed by atoms with E-state index in [9.17, 15) is 17.6 Å². The Balaban J connectivity index is 1.96. The van der Waals surface area contributed by atoms with Gasteiger partial charge in [-0.2, -0.15) is 13.2 Å². The van der Waals surface area contributed by atoms with Crippen molar-refractivity contribution in [2.24, 2.45) is 0 Å². The van der Waals surface area contributed by atoms with Gasteiger partial charge in [0.05, 0.1) is 0 Å². The van der Waals surface area contributed by atoms with Gasteiger partial charge in [0.25, 0.3) is 0 Å². The van der Waals surface area contributed by atoms with E-state index in [1.54, 1.807) is 6.07 Å². The summed E-state index contributed by atoms with van der Waals surface area (Å²) in [6.45, 7) is 0. The van der Waals surface area contributed by atoms with E-state index < -0.39 is 16.9 Å². The molecule has 0 aliphatic heterocycles. The SMILES string of the molecule is Fc1cc(-c2ccc(I)cc2)ccc1-c1ccc(C(F)(F)F)s1. The zero-order valence-corrected chi connectivity index (χ0v) is 14.5. The summed E-state index contributed by atoms with van der Waals surface area (Å²) < 4.78 is 53.4. The molecule has 6 heteroatoms. The van der Waals surface area contributed by atoms with E-state index in [-0.39, 0.29) is 10.4 Å². The molecule has 2 aromatic carbocycles. The van der Waals surface area contributed by atoms with E-state index >= 15 is 0 Å². The highest BCUT2D eigenvalue weighted by atomic mass is 127. The van der Waals surface area contributed by atoms with Gasteiger partial charge in [-0.3, -0.25) is 0 Å². The van der Waals surface area contributed by atoms with Crippen LogP contribution in [0, 0.1) is 9.39 Å². The predicted molar refractivity (Wildman–Crippen MR) is 92.9 cm³/mol. The molecule has 0 fully saturated rings. The fourth-order valence-corrected chi connectivity index (χ4v) is 3.43. The molecule has 3 aromatic rings. The van der Waals surface area contributed by atoms with Crippen molar-refractivity contribution in [1.29, 1.82) is 0 Å². The van der Waals surface area contributed by atoms with Crippen molar-refractivity contribution in [2.45, 2.75) is 6.18 Å². The zero-order valence-electron chi connectivity index (χ0n) is 11.5. The second-order valence-corrected chi connectivity index (χ2v) is 7.19. The van der Waals surface area contributed by atoms with Crippen LogP contribution in [0.1, 0.15) is 4.88 Å². The molecule has 0 nitrogen and oxygen atoms in total. The monoisotopic (exact) mass is 448 g/mol. The van der Waals surface area contributed by atoms with Crippen molar-refractivity contribution >= 4 is 33.9 Å². The first-order valence-electron chi connectivity index (χ1n) is 6.57. The molecular weight excluding hydrogens is 439 g/mol. The minimum atomic E-state index is -4.40. The third-order valence-electron chi connectivity index (χ3n) is 3.30. The lowest BCUT2D eigenvalue weighted by molar-refractivity contribution is -0.134. The Morgan fingerprint density at radius 2 is 1.48 bits per heavy atom. The molecule has 0 saturated carbocycles. The average Bonchev–Trinajstić information content (AvgIpc) is 2.97. The van der Waals surface area contributed by atoms with Crippen molar-refractivity contribution in [2.75, 3.05) is 0 Å². The molecule has 0 aliphatic carbocycles. The van der Waals surface area contributed by atoms with Gasteiger partial charge in [-0.15, -0.1) is 11.3 Å². The van der Waals surface area contributed by atoms with E-state index in [0.717, 1.165) is 15.2 Å². The summed E-state index contributed by atoms with van der Waals surface area (Å²) in [4.78, 5) is -0.461. The molecule has 0 spiro atoms. The largest absolute Gasteiger partial charge is 0.425 e. The second kappa shape index (κ2) is 6.24. The van der Waals surface area contributed by atoms with Crippen molar-refractivity contribution in [3.8, 4) is 21.6 Å². The average molecular weight is 448 g/mol. The minimum Gasteiger partial charge on any atom is -0.206 e. The van der Waals surface area contributed by atoms with E-state index in [4.69, 9.17) is 0 Å². The summed E-state index contributed by atoms with van der Waals surface area (Å²) in [6, 6.07) is 14.5. The minimum absolute atomic E-state index is 0.180. The van der Waals surface area contributed by atoms with Gasteiger partial charge in [-0.25, -0.2) is 4.39 Å². The Morgan fingerprint density at radius 1 is 0.826 bits per heavy atom. The molecule has 1 aromatic heterocycles. The summed E-state index contributed by atoms with van der Waals surface area (Å²) in [5.74, 6) is -0.531. The third-order valence-corrected chi connectivity index (χ3v) is 5.18. The van der Waals surface area contributed by atoms with Crippen LogP contribution in [0.4, 0.5) is 17.6 Å². The number of alkyl halides is 3. The number of rotatable bonds is 2. The number of benzene rings is 2. The van der Waals surface area contributed by atoms with Crippen LogP contribution >= 0.6 is 33.9 Å². The van der Waals surface area contributed by atoms with Gasteiger partial charge in [0.15, 0.2) is 0 Å². The van der Waals surface area contributed by atoms with Crippen LogP contribution < -0.4 is 0 Å². The van der Waals surface area contributed by atoms with Gasteiger partial charge >= 0.3 is 6.18 Å². The highest BCUT2D eigenvalue weighted by Crippen LogP contribution is 2.39. The van der Waals surface area contributed by atoms with Crippen molar-refractivity contribution in [1.82, 2.24) is 0 Å². The molecule has 0 amide bonds. The predicted octanol–water partition coefficient (Wildman–Crippen LogP) is 6.84. The van der Waals surface area contributed by atoms with Crippen LogP contribution in [0.15, 0.2) is 54.6 Å². The number of thiophene rings is 1.